The second kappa shape index (κ2) is 8.63. The van der Waals surface area contributed by atoms with E-state index in [4.69, 9.17) is 4.74 Å². The number of nitrogens with one attached hydrogen (secondary N) is 1. The Balaban J connectivity index is 1.33. The number of amides is 3. The van der Waals surface area contributed by atoms with Gasteiger partial charge in [0.1, 0.15) is 6.10 Å². The first-order valence-electron chi connectivity index (χ1n) is 10.2. The SMILES string of the molecule is CN(C)C(=O)Nc1ccc(OC2CCN(C(=O)c3nn(C)c4ccccc34)CC2)nc1. The van der Waals surface area contributed by atoms with E-state index in [9.17, 15) is 9.59 Å². The van der Waals surface area contributed by atoms with E-state index in [2.05, 4.69) is 15.4 Å². The Morgan fingerprint density at radius 2 is 1.87 bits per heavy atom. The standard InChI is InChI=1S/C22H26N6O3/c1-26(2)22(30)24-15-8-9-19(23-14-15)31-16-10-12-28(13-11-16)21(29)20-17-6-4-5-7-18(17)27(3)25-20/h4-9,14,16H,10-13H2,1-3H3,(H,24,30). The molecular weight excluding hydrogens is 396 g/mol. The van der Waals surface area contributed by atoms with Crippen LogP contribution in [0.5, 0.6) is 5.88 Å². The molecular formula is C22H26N6O3. The lowest BCUT2D eigenvalue weighted by molar-refractivity contribution is 0.0583. The van der Waals surface area contributed by atoms with Crippen LogP contribution in [-0.2, 0) is 7.05 Å². The fourth-order valence-electron chi connectivity index (χ4n) is 3.63. The van der Waals surface area contributed by atoms with Gasteiger partial charge in [0.05, 0.1) is 17.4 Å². The molecule has 1 saturated heterocycles. The molecule has 4 rings (SSSR count). The first-order valence-corrected chi connectivity index (χ1v) is 10.2. The quantitative estimate of drug-likeness (QED) is 0.698. The number of ether oxygens (including phenoxy) is 1. The Kier molecular flexibility index (Phi) is 5.75. The summed E-state index contributed by atoms with van der Waals surface area (Å²) in [7, 11) is 5.20. The molecule has 1 aliphatic heterocycles. The number of hydrogen-bond donors (Lipinski definition) is 1. The minimum Gasteiger partial charge on any atom is -0.474 e. The molecule has 3 aromatic rings. The fourth-order valence-corrected chi connectivity index (χ4v) is 3.63. The molecule has 3 heterocycles. The van der Waals surface area contributed by atoms with Gasteiger partial charge < -0.3 is 19.9 Å². The average Bonchev–Trinajstić information content (AvgIpc) is 3.12. The van der Waals surface area contributed by atoms with E-state index in [1.54, 1.807) is 37.1 Å². The van der Waals surface area contributed by atoms with Crippen LogP contribution >= 0.6 is 0 Å². The minimum absolute atomic E-state index is 0.0146. The average molecular weight is 422 g/mol. The first-order chi connectivity index (χ1) is 14.9. The molecule has 1 fully saturated rings. The molecule has 0 spiro atoms. The van der Waals surface area contributed by atoms with Crippen molar-refractivity contribution in [2.24, 2.45) is 7.05 Å². The number of nitrogens with zero attached hydrogens (tertiary/aromatic N) is 5. The third-order valence-electron chi connectivity index (χ3n) is 5.37. The van der Waals surface area contributed by atoms with Crippen LogP contribution in [0, 0.1) is 0 Å². The van der Waals surface area contributed by atoms with Crippen molar-refractivity contribution in [1.29, 1.82) is 0 Å². The van der Waals surface area contributed by atoms with Crippen molar-refractivity contribution in [2.45, 2.75) is 18.9 Å². The number of hydrogen-bond acceptors (Lipinski definition) is 5. The summed E-state index contributed by atoms with van der Waals surface area (Å²) < 4.78 is 7.72. The molecule has 0 saturated carbocycles. The van der Waals surface area contributed by atoms with Gasteiger partial charge in [-0.1, -0.05) is 18.2 Å². The molecule has 2 aromatic heterocycles. The van der Waals surface area contributed by atoms with Crippen molar-refractivity contribution < 1.29 is 14.3 Å². The van der Waals surface area contributed by atoms with Crippen molar-refractivity contribution >= 4 is 28.5 Å². The van der Waals surface area contributed by atoms with E-state index in [0.29, 0.717) is 30.4 Å². The third kappa shape index (κ3) is 4.45. The van der Waals surface area contributed by atoms with Gasteiger partial charge in [0.15, 0.2) is 5.69 Å². The smallest absolute Gasteiger partial charge is 0.321 e. The maximum atomic E-state index is 13.0. The van der Waals surface area contributed by atoms with E-state index < -0.39 is 0 Å². The van der Waals surface area contributed by atoms with Gasteiger partial charge in [-0.2, -0.15) is 5.10 Å². The Morgan fingerprint density at radius 3 is 2.55 bits per heavy atom. The van der Waals surface area contributed by atoms with Gasteiger partial charge in [0.2, 0.25) is 5.88 Å². The lowest BCUT2D eigenvalue weighted by Gasteiger charge is -2.31. The van der Waals surface area contributed by atoms with Crippen LogP contribution < -0.4 is 10.1 Å². The second-order valence-electron chi connectivity index (χ2n) is 7.81. The monoisotopic (exact) mass is 422 g/mol. The maximum Gasteiger partial charge on any atom is 0.321 e. The van der Waals surface area contributed by atoms with Crippen LogP contribution in [0.2, 0.25) is 0 Å². The highest BCUT2D eigenvalue weighted by molar-refractivity contribution is 6.04. The molecule has 31 heavy (non-hydrogen) atoms. The number of aromatic nitrogens is 3. The van der Waals surface area contributed by atoms with Crippen molar-refractivity contribution in [3.63, 3.8) is 0 Å². The highest BCUT2D eigenvalue weighted by Crippen LogP contribution is 2.23. The van der Waals surface area contributed by atoms with E-state index >= 15 is 0 Å². The Morgan fingerprint density at radius 1 is 1.13 bits per heavy atom. The predicted octanol–water partition coefficient (Wildman–Crippen LogP) is 2.75. The number of anilines is 1. The number of benzene rings is 1. The molecule has 0 atom stereocenters. The molecule has 0 radical (unpaired) electrons. The van der Waals surface area contributed by atoms with Gasteiger partial charge in [-0.25, -0.2) is 9.78 Å². The first kappa shape index (κ1) is 20.6. The number of urea groups is 1. The zero-order valence-electron chi connectivity index (χ0n) is 17.9. The topological polar surface area (TPSA) is 92.6 Å². The summed E-state index contributed by atoms with van der Waals surface area (Å²) in [4.78, 5) is 32.3. The number of pyridine rings is 1. The normalized spacial score (nSPS) is 14.5. The third-order valence-corrected chi connectivity index (χ3v) is 5.37. The molecule has 3 amide bonds. The zero-order chi connectivity index (χ0) is 22.0. The number of piperidine rings is 1. The van der Waals surface area contributed by atoms with Crippen LogP contribution in [0.25, 0.3) is 10.9 Å². The number of rotatable bonds is 4. The zero-order valence-corrected chi connectivity index (χ0v) is 17.9. The number of likely N-dealkylation sites (tertiary alicyclic amines) is 1. The summed E-state index contributed by atoms with van der Waals surface area (Å²) in [6, 6.07) is 11.0. The summed E-state index contributed by atoms with van der Waals surface area (Å²) in [6.07, 6.45) is 3.00. The van der Waals surface area contributed by atoms with Gasteiger partial charge in [-0.3, -0.25) is 9.48 Å². The molecule has 0 aliphatic carbocycles. The summed E-state index contributed by atoms with van der Waals surface area (Å²) in [5.41, 5.74) is 2.05. The molecule has 9 heteroatoms. The fraction of sp³-hybridized carbons (Fsp3) is 0.364. The van der Waals surface area contributed by atoms with Gasteiger partial charge in [-0.05, 0) is 12.1 Å². The van der Waals surface area contributed by atoms with Gasteiger partial charge >= 0.3 is 6.03 Å². The van der Waals surface area contributed by atoms with E-state index in [1.165, 1.54) is 4.90 Å². The number of aryl methyl sites for hydroxylation is 1. The van der Waals surface area contributed by atoms with E-state index in [1.807, 2.05) is 36.2 Å². The molecule has 1 N–H and O–H groups in total. The molecule has 0 unspecified atom stereocenters. The van der Waals surface area contributed by atoms with E-state index in [0.717, 1.165) is 23.7 Å². The maximum absolute atomic E-state index is 13.0. The number of fused-ring (bicyclic) bond motifs is 1. The summed E-state index contributed by atoms with van der Waals surface area (Å²) in [5.74, 6) is 0.456. The van der Waals surface area contributed by atoms with Gasteiger partial charge in [0.25, 0.3) is 5.91 Å². The molecule has 0 bridgehead atoms. The van der Waals surface area contributed by atoms with Crippen molar-refractivity contribution in [3.8, 4) is 5.88 Å². The highest BCUT2D eigenvalue weighted by atomic mass is 16.5. The van der Waals surface area contributed by atoms with Crippen LogP contribution in [0.4, 0.5) is 10.5 Å². The lowest BCUT2D eigenvalue weighted by atomic mass is 10.1. The van der Waals surface area contributed by atoms with E-state index in [-0.39, 0.29) is 18.0 Å². The predicted molar refractivity (Wildman–Crippen MR) is 117 cm³/mol. The second-order valence-corrected chi connectivity index (χ2v) is 7.81. The lowest BCUT2D eigenvalue weighted by Crippen LogP contribution is -2.42. The summed E-state index contributed by atoms with van der Waals surface area (Å²) in [6.45, 7) is 1.21. The molecule has 9 nitrogen and oxygen atoms in total. The van der Waals surface area contributed by atoms with Crippen LogP contribution in [0.15, 0.2) is 42.6 Å². The summed E-state index contributed by atoms with van der Waals surface area (Å²) in [5, 5.41) is 8.05. The Hall–Kier alpha value is -3.62. The highest BCUT2D eigenvalue weighted by Gasteiger charge is 2.27. The Bertz CT molecular complexity index is 1080. The minimum atomic E-state index is -0.215. The molecule has 162 valence electrons. The number of para-hydroxylation sites is 1. The van der Waals surface area contributed by atoms with Crippen LogP contribution in [0.1, 0.15) is 23.3 Å². The van der Waals surface area contributed by atoms with Crippen LogP contribution in [0.3, 0.4) is 0 Å². The van der Waals surface area contributed by atoms with Crippen molar-refractivity contribution in [1.82, 2.24) is 24.6 Å². The molecule has 1 aromatic carbocycles. The summed E-state index contributed by atoms with van der Waals surface area (Å²) >= 11 is 0. The largest absolute Gasteiger partial charge is 0.474 e. The number of carbonyl (C=O) groups is 2. The number of carbonyl (C=O) groups excluding carboxylic acids is 2. The van der Waals surface area contributed by atoms with Crippen molar-refractivity contribution in [2.75, 3.05) is 32.5 Å². The van der Waals surface area contributed by atoms with Crippen molar-refractivity contribution in [3.05, 3.63) is 48.3 Å². The van der Waals surface area contributed by atoms with Gasteiger partial charge in [-0.15, -0.1) is 0 Å². The Labute approximate surface area is 180 Å². The van der Waals surface area contributed by atoms with Crippen LogP contribution in [-0.4, -0.2) is 69.8 Å². The molecule has 1 aliphatic rings. The van der Waals surface area contributed by atoms with Gasteiger partial charge in [0, 0.05) is 58.5 Å².